The van der Waals surface area contributed by atoms with Gasteiger partial charge in [0.2, 0.25) is 0 Å². The standard InChI is InChI=1S/C8H6.4C6H5.2Sb/c1-2-8-6-4-3-5-7-8;4*1-2-4-6-5-3-1;;/h1,3-7H;4*1-5H;;. The molecule has 0 aliphatic rings. The molecule has 0 radical (unpaired) electrons. The summed E-state index contributed by atoms with van der Waals surface area (Å²) in [5, 5.41) is 0. The molecule has 0 amide bonds. The predicted molar refractivity (Wildman–Crippen MR) is 150 cm³/mol. The van der Waals surface area contributed by atoms with E-state index in [1.165, 1.54) is 19.6 Å². The molecule has 0 nitrogen and oxygen atoms in total. The Morgan fingerprint density at radius 3 is 1.09 bits per heavy atom. The van der Waals surface area contributed by atoms with E-state index in [9.17, 15) is 0 Å². The van der Waals surface area contributed by atoms with E-state index in [1.807, 2.05) is 0 Å². The summed E-state index contributed by atoms with van der Waals surface area (Å²) >= 11 is -4.45. The molecule has 0 atom stereocenters. The van der Waals surface area contributed by atoms with Gasteiger partial charge in [-0.05, 0) is 0 Å². The van der Waals surface area contributed by atoms with E-state index in [0.29, 0.717) is 0 Å². The van der Waals surface area contributed by atoms with Gasteiger partial charge in [0.05, 0.1) is 0 Å². The molecule has 2 heteroatoms. The van der Waals surface area contributed by atoms with Gasteiger partial charge >= 0.3 is 219 Å². The number of hydrogen-bond acceptors (Lipinski definition) is 0. The van der Waals surface area contributed by atoms with Gasteiger partial charge in [-0.15, -0.1) is 0 Å². The topological polar surface area (TPSA) is 0 Å². The Kier molecular flexibility index (Phi) is 8.03. The van der Waals surface area contributed by atoms with Crippen LogP contribution in [-0.4, -0.2) is 40.4 Å². The molecule has 0 fully saturated rings. The number of rotatable bonds is 7. The molecule has 0 bridgehead atoms. The van der Waals surface area contributed by atoms with Crippen LogP contribution in [-0.2, 0) is 0 Å². The SMILES string of the molecule is [CH](=[C](/c1ccccc1)[Sb]([c]1ccccc1)[c]1ccccc1)/[Sb]([c]1ccccc1)[c]1ccccc1. The number of hydrogen-bond donors (Lipinski definition) is 0. The molecule has 0 spiro atoms. The fourth-order valence-corrected chi connectivity index (χ4v) is 20.7. The van der Waals surface area contributed by atoms with E-state index >= 15 is 0 Å². The summed E-state index contributed by atoms with van der Waals surface area (Å²) in [7, 11) is 0. The quantitative estimate of drug-likeness (QED) is 0.222. The zero-order valence-corrected chi connectivity index (χ0v) is 24.0. The van der Waals surface area contributed by atoms with Crippen molar-refractivity contribution in [2.24, 2.45) is 0 Å². The van der Waals surface area contributed by atoms with Crippen LogP contribution in [0.25, 0.3) is 3.52 Å². The average molecular weight is 654 g/mol. The van der Waals surface area contributed by atoms with Gasteiger partial charge in [-0.2, -0.15) is 0 Å². The van der Waals surface area contributed by atoms with Crippen molar-refractivity contribution in [3.63, 3.8) is 0 Å². The summed E-state index contributed by atoms with van der Waals surface area (Å²) in [6, 6.07) is 55.9. The normalized spacial score (nSPS) is 11.6. The van der Waals surface area contributed by atoms with E-state index in [4.69, 9.17) is 0 Å². The van der Waals surface area contributed by atoms with Crippen molar-refractivity contribution in [1.29, 1.82) is 0 Å². The van der Waals surface area contributed by atoms with Crippen molar-refractivity contribution >= 4 is 58.0 Å². The first-order valence-electron chi connectivity index (χ1n) is 11.5. The van der Waals surface area contributed by atoms with Crippen LogP contribution >= 0.6 is 0 Å². The van der Waals surface area contributed by atoms with E-state index in [2.05, 4.69) is 156 Å². The second kappa shape index (κ2) is 11.7. The molecule has 5 aromatic rings. The van der Waals surface area contributed by atoms with Crippen molar-refractivity contribution in [2.75, 3.05) is 0 Å². The Morgan fingerprint density at radius 1 is 0.382 bits per heavy atom. The second-order valence-corrected chi connectivity index (χ2v) is 20.0. The first-order chi connectivity index (χ1) is 16.9. The van der Waals surface area contributed by atoms with Crippen molar-refractivity contribution in [1.82, 2.24) is 0 Å². The molecule has 5 aromatic carbocycles. The van der Waals surface area contributed by atoms with Crippen LogP contribution < -0.4 is 14.0 Å². The number of benzene rings is 5. The third kappa shape index (κ3) is 5.58. The van der Waals surface area contributed by atoms with E-state index in [-0.39, 0.29) is 0 Å². The molecule has 34 heavy (non-hydrogen) atoms. The van der Waals surface area contributed by atoms with Crippen molar-refractivity contribution in [3.8, 4) is 0 Å². The van der Waals surface area contributed by atoms with Gasteiger partial charge in [0.15, 0.2) is 0 Å². The van der Waals surface area contributed by atoms with Crippen LogP contribution in [0, 0.1) is 0 Å². The fraction of sp³-hybridized carbons (Fsp3) is 0. The van der Waals surface area contributed by atoms with Crippen molar-refractivity contribution in [3.05, 3.63) is 161 Å². The van der Waals surface area contributed by atoms with Crippen molar-refractivity contribution in [2.45, 2.75) is 0 Å². The van der Waals surface area contributed by atoms with Crippen LogP contribution in [0.3, 0.4) is 0 Å². The molecular weight excluding hydrogens is 628 g/mol. The maximum absolute atomic E-state index is 2.74. The van der Waals surface area contributed by atoms with Crippen LogP contribution in [0.1, 0.15) is 5.56 Å². The Morgan fingerprint density at radius 2 is 0.706 bits per heavy atom. The third-order valence-electron chi connectivity index (χ3n) is 5.66. The van der Waals surface area contributed by atoms with Gasteiger partial charge < -0.3 is 0 Å². The minimum absolute atomic E-state index is 1.37. The van der Waals surface area contributed by atoms with Gasteiger partial charge in [-0.1, -0.05) is 0 Å². The first kappa shape index (κ1) is 23.2. The summed E-state index contributed by atoms with van der Waals surface area (Å²) in [5.74, 6) is 0. The monoisotopic (exact) mass is 652 g/mol. The maximum atomic E-state index is 2.74. The Balaban J connectivity index is 1.76. The summed E-state index contributed by atoms with van der Waals surface area (Å²) in [4.78, 5) is 0. The van der Waals surface area contributed by atoms with Crippen LogP contribution in [0.15, 0.2) is 156 Å². The zero-order valence-electron chi connectivity index (χ0n) is 18.9. The molecule has 0 unspecified atom stereocenters. The summed E-state index contributed by atoms with van der Waals surface area (Å²) in [6.07, 6.45) is 0. The second-order valence-electron chi connectivity index (χ2n) is 7.93. The molecule has 0 heterocycles. The molecule has 0 aliphatic heterocycles. The summed E-state index contributed by atoms with van der Waals surface area (Å²) in [5.41, 5.74) is 1.37. The third-order valence-corrected chi connectivity index (χ3v) is 20.9. The van der Waals surface area contributed by atoms with Crippen LogP contribution in [0.4, 0.5) is 0 Å². The molecule has 0 saturated carbocycles. The van der Waals surface area contributed by atoms with Gasteiger partial charge in [0.25, 0.3) is 0 Å². The van der Waals surface area contributed by atoms with Crippen LogP contribution in [0.2, 0.25) is 0 Å². The van der Waals surface area contributed by atoms with Gasteiger partial charge in [0.1, 0.15) is 0 Å². The van der Waals surface area contributed by atoms with E-state index < -0.39 is 40.4 Å². The Hall–Kier alpha value is -2.52. The molecule has 0 saturated heterocycles. The molecule has 164 valence electrons. The van der Waals surface area contributed by atoms with Crippen LogP contribution in [0.5, 0.6) is 0 Å². The molecule has 0 aliphatic carbocycles. The van der Waals surface area contributed by atoms with Gasteiger partial charge in [-0.25, -0.2) is 0 Å². The Bertz CT molecular complexity index is 1240. The molecule has 0 aromatic heterocycles. The molecule has 0 N–H and O–H groups in total. The Labute approximate surface area is 217 Å². The molecule has 5 rings (SSSR count). The summed E-state index contributed by atoms with van der Waals surface area (Å²) in [6.45, 7) is 0. The molecular formula is C32H26Sb2. The first-order valence-corrected chi connectivity index (χ1v) is 19.3. The van der Waals surface area contributed by atoms with Gasteiger partial charge in [0, 0.05) is 0 Å². The van der Waals surface area contributed by atoms with E-state index in [0.717, 1.165) is 0 Å². The predicted octanol–water partition coefficient (Wildman–Crippen LogP) is 4.77. The van der Waals surface area contributed by atoms with Crippen molar-refractivity contribution < 1.29 is 0 Å². The van der Waals surface area contributed by atoms with Gasteiger partial charge in [-0.3, -0.25) is 0 Å². The minimum atomic E-state index is -2.28. The summed E-state index contributed by atoms with van der Waals surface area (Å²) < 4.78 is 10.3. The van der Waals surface area contributed by atoms with E-state index in [1.54, 1.807) is 3.52 Å². The fourth-order valence-electron chi connectivity index (χ4n) is 4.05. The average Bonchev–Trinajstić information content (AvgIpc) is 2.93. The zero-order chi connectivity index (χ0) is 23.0.